The van der Waals surface area contributed by atoms with E-state index in [9.17, 15) is 0 Å². The molecular formula is C21H24N6O. The van der Waals surface area contributed by atoms with E-state index in [1.807, 2.05) is 34.8 Å². The lowest BCUT2D eigenvalue weighted by Crippen LogP contribution is -2.37. The summed E-state index contributed by atoms with van der Waals surface area (Å²) in [6.45, 7) is 5.70. The number of anilines is 1. The van der Waals surface area contributed by atoms with Crippen LogP contribution in [0.1, 0.15) is 6.42 Å². The van der Waals surface area contributed by atoms with Crippen LogP contribution in [0.5, 0.6) is 0 Å². The molecule has 3 heterocycles. The number of nitrogens with zero attached hydrogens (tertiary/aromatic N) is 5. The van der Waals surface area contributed by atoms with Gasteiger partial charge in [-0.05, 0) is 42.8 Å². The second-order valence-electron chi connectivity index (χ2n) is 7.22. The van der Waals surface area contributed by atoms with Crippen molar-refractivity contribution in [2.45, 2.75) is 13.0 Å². The SMILES string of the molecule is Nc1ccc(-c2nc3n(CCCN4CCOCC4)c4ccccc4n3n2)cc1. The Morgan fingerprint density at radius 1 is 0.929 bits per heavy atom. The summed E-state index contributed by atoms with van der Waals surface area (Å²) in [6.07, 6.45) is 1.07. The number of aryl methyl sites for hydroxylation is 1. The second kappa shape index (κ2) is 7.26. The maximum atomic E-state index is 5.81. The normalized spacial score (nSPS) is 15.6. The fourth-order valence-electron chi connectivity index (χ4n) is 3.87. The van der Waals surface area contributed by atoms with Gasteiger partial charge < -0.3 is 15.0 Å². The number of rotatable bonds is 5. The molecule has 1 saturated heterocycles. The molecule has 7 heteroatoms. The summed E-state index contributed by atoms with van der Waals surface area (Å²) in [5.74, 6) is 1.61. The van der Waals surface area contributed by atoms with Crippen LogP contribution in [0.15, 0.2) is 48.5 Å². The quantitative estimate of drug-likeness (QED) is 0.542. The highest BCUT2D eigenvalue weighted by Crippen LogP contribution is 2.24. The largest absolute Gasteiger partial charge is 0.399 e. The predicted molar refractivity (Wildman–Crippen MR) is 110 cm³/mol. The van der Waals surface area contributed by atoms with Crippen LogP contribution in [0.2, 0.25) is 0 Å². The van der Waals surface area contributed by atoms with Gasteiger partial charge >= 0.3 is 0 Å². The Kier molecular flexibility index (Phi) is 4.46. The maximum absolute atomic E-state index is 5.81. The first-order valence-corrected chi connectivity index (χ1v) is 9.79. The van der Waals surface area contributed by atoms with Crippen molar-refractivity contribution in [3.8, 4) is 11.4 Å². The Morgan fingerprint density at radius 3 is 2.46 bits per heavy atom. The number of nitrogens with two attached hydrogens (primary N) is 1. The Morgan fingerprint density at radius 2 is 1.68 bits per heavy atom. The average molecular weight is 376 g/mol. The van der Waals surface area contributed by atoms with Crippen LogP contribution in [0.25, 0.3) is 28.2 Å². The highest BCUT2D eigenvalue weighted by Gasteiger charge is 2.16. The fraction of sp³-hybridized carbons (Fsp3) is 0.333. The van der Waals surface area contributed by atoms with E-state index in [1.54, 1.807) is 0 Å². The first kappa shape index (κ1) is 17.2. The molecule has 0 unspecified atom stereocenters. The van der Waals surface area contributed by atoms with Gasteiger partial charge in [0.2, 0.25) is 5.78 Å². The molecule has 0 saturated carbocycles. The topological polar surface area (TPSA) is 73.6 Å². The van der Waals surface area contributed by atoms with Gasteiger partial charge in [0.25, 0.3) is 0 Å². The van der Waals surface area contributed by atoms with E-state index in [0.717, 1.165) is 74.2 Å². The van der Waals surface area contributed by atoms with Crippen LogP contribution >= 0.6 is 0 Å². The molecule has 2 N–H and O–H groups in total. The van der Waals surface area contributed by atoms with E-state index < -0.39 is 0 Å². The van der Waals surface area contributed by atoms with Gasteiger partial charge in [-0.3, -0.25) is 4.90 Å². The molecule has 1 aliphatic rings. The third-order valence-electron chi connectivity index (χ3n) is 5.36. The molecule has 5 rings (SSSR count). The number of benzene rings is 2. The van der Waals surface area contributed by atoms with E-state index in [4.69, 9.17) is 20.6 Å². The van der Waals surface area contributed by atoms with E-state index in [1.165, 1.54) is 5.52 Å². The fourth-order valence-corrected chi connectivity index (χ4v) is 3.87. The van der Waals surface area contributed by atoms with Gasteiger partial charge in [0, 0.05) is 37.4 Å². The molecule has 7 nitrogen and oxygen atoms in total. The third-order valence-corrected chi connectivity index (χ3v) is 5.36. The van der Waals surface area contributed by atoms with E-state index >= 15 is 0 Å². The van der Waals surface area contributed by atoms with Gasteiger partial charge in [0.1, 0.15) is 0 Å². The van der Waals surface area contributed by atoms with Gasteiger partial charge in [-0.25, -0.2) is 0 Å². The number of hydrogen-bond acceptors (Lipinski definition) is 5. The Balaban J connectivity index is 1.47. The molecule has 0 aliphatic carbocycles. The monoisotopic (exact) mass is 376 g/mol. The lowest BCUT2D eigenvalue weighted by Gasteiger charge is -2.26. The number of imidazole rings is 1. The molecule has 0 bridgehead atoms. The second-order valence-corrected chi connectivity index (χ2v) is 7.22. The van der Waals surface area contributed by atoms with Gasteiger partial charge in [0.05, 0.1) is 24.2 Å². The van der Waals surface area contributed by atoms with Gasteiger partial charge in [-0.2, -0.15) is 9.50 Å². The van der Waals surface area contributed by atoms with Crippen LogP contribution < -0.4 is 5.73 Å². The van der Waals surface area contributed by atoms with Crippen LogP contribution in [-0.2, 0) is 11.3 Å². The molecule has 1 fully saturated rings. The molecule has 2 aromatic carbocycles. The minimum Gasteiger partial charge on any atom is -0.399 e. The lowest BCUT2D eigenvalue weighted by molar-refractivity contribution is 0.0370. The summed E-state index contributed by atoms with van der Waals surface area (Å²) in [6, 6.07) is 16.1. The standard InChI is InChI=1S/C21H24N6O/c22-17-8-6-16(7-9-17)20-23-21-26(11-3-10-25-12-14-28-15-13-25)18-4-1-2-5-19(18)27(21)24-20/h1-2,4-9H,3,10-15,22H2. The van der Waals surface area contributed by atoms with Crippen LogP contribution in [0.4, 0.5) is 5.69 Å². The summed E-state index contributed by atoms with van der Waals surface area (Å²) >= 11 is 0. The summed E-state index contributed by atoms with van der Waals surface area (Å²) in [7, 11) is 0. The van der Waals surface area contributed by atoms with Gasteiger partial charge in [-0.15, -0.1) is 5.10 Å². The van der Waals surface area contributed by atoms with Crippen molar-refractivity contribution in [2.75, 3.05) is 38.6 Å². The van der Waals surface area contributed by atoms with Crippen LogP contribution in [-0.4, -0.2) is 56.9 Å². The van der Waals surface area contributed by atoms with Crippen molar-refractivity contribution in [1.29, 1.82) is 0 Å². The summed E-state index contributed by atoms with van der Waals surface area (Å²) < 4.78 is 9.68. The molecular weight excluding hydrogens is 352 g/mol. The number of nitrogen functional groups attached to an aromatic ring is 1. The van der Waals surface area contributed by atoms with Gasteiger partial charge in [-0.1, -0.05) is 12.1 Å². The first-order chi connectivity index (χ1) is 13.8. The number of para-hydroxylation sites is 2. The molecule has 1 aliphatic heterocycles. The maximum Gasteiger partial charge on any atom is 0.233 e. The number of ether oxygens (including phenoxy) is 1. The Hall–Kier alpha value is -2.90. The van der Waals surface area contributed by atoms with Crippen molar-refractivity contribution in [1.82, 2.24) is 24.1 Å². The highest BCUT2D eigenvalue weighted by molar-refractivity contribution is 5.81. The molecule has 0 atom stereocenters. The molecule has 144 valence electrons. The molecule has 0 radical (unpaired) electrons. The number of aromatic nitrogens is 4. The van der Waals surface area contributed by atoms with E-state index in [-0.39, 0.29) is 0 Å². The molecule has 28 heavy (non-hydrogen) atoms. The first-order valence-electron chi connectivity index (χ1n) is 9.79. The summed E-state index contributed by atoms with van der Waals surface area (Å²) in [5.41, 5.74) is 9.78. The highest BCUT2D eigenvalue weighted by atomic mass is 16.5. The predicted octanol–water partition coefficient (Wildman–Crippen LogP) is 2.66. The summed E-state index contributed by atoms with van der Waals surface area (Å²) in [4.78, 5) is 7.32. The number of fused-ring (bicyclic) bond motifs is 3. The van der Waals surface area contributed by atoms with Crippen molar-refractivity contribution in [3.63, 3.8) is 0 Å². The third kappa shape index (κ3) is 3.12. The smallest absolute Gasteiger partial charge is 0.233 e. The number of morpholine rings is 1. The van der Waals surface area contributed by atoms with Crippen molar-refractivity contribution in [2.24, 2.45) is 0 Å². The minimum atomic E-state index is 0.725. The van der Waals surface area contributed by atoms with Crippen molar-refractivity contribution < 1.29 is 4.74 Å². The zero-order valence-electron chi connectivity index (χ0n) is 15.8. The van der Waals surface area contributed by atoms with Crippen LogP contribution in [0, 0.1) is 0 Å². The van der Waals surface area contributed by atoms with Crippen molar-refractivity contribution >= 4 is 22.5 Å². The zero-order chi connectivity index (χ0) is 18.9. The minimum absolute atomic E-state index is 0.725. The van der Waals surface area contributed by atoms with Gasteiger partial charge in [0.15, 0.2) is 5.82 Å². The van der Waals surface area contributed by atoms with Crippen molar-refractivity contribution in [3.05, 3.63) is 48.5 Å². The zero-order valence-corrected chi connectivity index (χ0v) is 15.8. The molecule has 4 aromatic rings. The lowest BCUT2D eigenvalue weighted by atomic mass is 10.2. The van der Waals surface area contributed by atoms with Crippen LogP contribution in [0.3, 0.4) is 0 Å². The van der Waals surface area contributed by atoms with E-state index in [2.05, 4.69) is 27.7 Å². The van der Waals surface area contributed by atoms with E-state index in [0.29, 0.717) is 0 Å². The average Bonchev–Trinajstić information content (AvgIpc) is 3.28. The molecule has 0 amide bonds. The molecule has 0 spiro atoms. The Labute approximate surface area is 163 Å². The number of hydrogen-bond donors (Lipinski definition) is 1. The summed E-state index contributed by atoms with van der Waals surface area (Å²) in [5, 5.41) is 4.78. The molecule has 2 aromatic heterocycles. The Bertz CT molecular complexity index is 1090.